The third-order valence-corrected chi connectivity index (χ3v) is 20.0. The maximum Gasteiger partial charge on any atom is 0.415 e. The number of halogens is 1. The van der Waals surface area contributed by atoms with Gasteiger partial charge in [0, 0.05) is 128 Å². The van der Waals surface area contributed by atoms with E-state index in [1.807, 2.05) is 44.4 Å². The van der Waals surface area contributed by atoms with Crippen molar-refractivity contribution in [3.8, 4) is 11.5 Å². The van der Waals surface area contributed by atoms with Gasteiger partial charge in [-0.15, -0.1) is 22.9 Å². The van der Waals surface area contributed by atoms with E-state index in [2.05, 4.69) is 30.8 Å². The van der Waals surface area contributed by atoms with Gasteiger partial charge in [-0.05, 0) is 146 Å². The third-order valence-electron chi connectivity index (χ3n) is 18.6. The molecule has 1 fully saturated rings. The molecule has 7 N–H and O–H groups in total. The van der Waals surface area contributed by atoms with Gasteiger partial charge in [-0.25, -0.2) is 9.59 Å². The molecule has 3 aliphatic heterocycles. The molecule has 3 aliphatic rings. The van der Waals surface area contributed by atoms with E-state index >= 15 is 0 Å². The zero-order valence-electron chi connectivity index (χ0n) is 58.2. The van der Waals surface area contributed by atoms with Crippen molar-refractivity contribution in [3.63, 3.8) is 0 Å². The summed E-state index contributed by atoms with van der Waals surface area (Å²) in [5, 5.41) is 12.5. The summed E-state index contributed by atoms with van der Waals surface area (Å²) in [4.78, 5) is 150. The van der Waals surface area contributed by atoms with E-state index < -0.39 is 54.4 Å². The predicted octanol–water partition coefficient (Wildman–Crippen LogP) is 10.1. The Bertz CT molecular complexity index is 4510. The van der Waals surface area contributed by atoms with E-state index in [9.17, 15) is 47.9 Å². The number of benzene rings is 5. The Kier molecular flexibility index (Phi) is 24.1. The molecule has 0 saturated carbocycles. The molecule has 0 spiro atoms. The lowest BCUT2D eigenvalue weighted by Gasteiger charge is -2.27. The van der Waals surface area contributed by atoms with Crippen LogP contribution in [0.2, 0.25) is 0 Å². The Morgan fingerprint density at radius 2 is 1.46 bits per heavy atom. The number of aryl methyl sites for hydroxylation is 1. The number of rotatable bonds is 30. The van der Waals surface area contributed by atoms with Crippen molar-refractivity contribution in [2.24, 2.45) is 11.7 Å². The largest absolute Gasteiger partial charge is 0.492 e. The van der Waals surface area contributed by atoms with Crippen LogP contribution < -0.4 is 41.0 Å². The number of alkyl halides is 1. The van der Waals surface area contributed by atoms with Gasteiger partial charge in [0.2, 0.25) is 23.6 Å². The zero-order chi connectivity index (χ0) is 73.0. The number of nitrogens with zero attached hydrogens (tertiary/aromatic N) is 6. The molecule has 3 atom stereocenters. The monoisotopic (exact) mass is 1440 g/mol. The zero-order valence-corrected chi connectivity index (χ0v) is 59.8. The van der Waals surface area contributed by atoms with E-state index in [1.165, 1.54) is 65.1 Å². The first-order valence-electron chi connectivity index (χ1n) is 34.6. The number of H-pyrrole nitrogens is 2. The number of nitrogens with one attached hydrogen (secondary N) is 5. The van der Waals surface area contributed by atoms with Crippen molar-refractivity contribution in [2.75, 3.05) is 94.1 Å². The number of fused-ring (bicyclic) bond motifs is 5. The summed E-state index contributed by atoms with van der Waals surface area (Å²) < 4.78 is 18.5. The number of unbranched alkanes of at least 4 members (excludes halogenated alkanes) is 2. The van der Waals surface area contributed by atoms with E-state index in [4.69, 9.17) is 31.5 Å². The van der Waals surface area contributed by atoms with Gasteiger partial charge in [0.1, 0.15) is 42.9 Å². The van der Waals surface area contributed by atoms with Crippen LogP contribution in [0.15, 0.2) is 127 Å². The number of amides is 10. The van der Waals surface area contributed by atoms with Crippen molar-refractivity contribution in [1.82, 2.24) is 40.2 Å². The van der Waals surface area contributed by atoms with Gasteiger partial charge in [0.05, 0.1) is 16.4 Å². The van der Waals surface area contributed by atoms with Gasteiger partial charge < -0.3 is 60.1 Å². The standard InChI is InChI=1S/C76H85ClN12O13S/c1-46(2)34-56(78)73(96)88(43-65(91)83-72(95)59(35-48-14-8-6-9-15-48)82-64(90)16-10-7-11-29-87-66(92)25-26-67(87)93)54-20-17-49(18-21-54)44-101-75(98)84(4)30-31-85(5)76(99)102-63-40-62-69(68-47(3)45-103-70(63)68)52(41-77)42-89(62)74(97)61-39-50-36-53(19-23-57(50)81-61)79-71(94)60-38-51-37-55(22-24-58(51)80-60)100-33-32-86-27-12-13-28-86/h6,8-9,14-15,17-26,36-40,45-46,52,56,59,80-81H,7,10-13,16,27-35,41-44,78H2,1-5H3,(H,79,94)(H,82,90)(H,83,91,95)/t52-,56+,59+/m1/s1. The fourth-order valence-corrected chi connectivity index (χ4v) is 14.3. The molecule has 0 radical (unpaired) electrons. The second-order valence-corrected chi connectivity index (χ2v) is 27.9. The molecule has 5 aromatic carbocycles. The Labute approximate surface area is 604 Å². The Morgan fingerprint density at radius 3 is 2.17 bits per heavy atom. The van der Waals surface area contributed by atoms with Gasteiger partial charge in [-0.1, -0.05) is 62.7 Å². The van der Waals surface area contributed by atoms with E-state index in [0.29, 0.717) is 76.2 Å². The molecular formula is C76H85ClN12O13S. The highest BCUT2D eigenvalue weighted by molar-refractivity contribution is 7.17. The molecule has 103 heavy (non-hydrogen) atoms. The summed E-state index contributed by atoms with van der Waals surface area (Å²) in [6.07, 6.45) is 5.29. The molecule has 8 aromatic rings. The lowest BCUT2D eigenvalue weighted by Crippen LogP contribution is -2.53. The normalized spacial score (nSPS) is 14.9. The van der Waals surface area contributed by atoms with Gasteiger partial charge in [0.25, 0.3) is 23.6 Å². The molecule has 0 aliphatic carbocycles. The fourth-order valence-electron chi connectivity index (χ4n) is 13.0. The number of aromatic amines is 2. The number of nitrogens with two attached hydrogens (primary N) is 1. The van der Waals surface area contributed by atoms with Crippen LogP contribution in [0.5, 0.6) is 11.5 Å². The average molecular weight is 1440 g/mol. The average Bonchev–Trinajstić information content (AvgIpc) is 1.58. The number of carbonyl (C=O) groups excluding carboxylic acids is 10. The molecule has 10 amide bonds. The maximum absolute atomic E-state index is 14.7. The van der Waals surface area contributed by atoms with E-state index in [-0.39, 0.29) is 98.4 Å². The molecule has 25 nitrogen and oxygen atoms in total. The SMILES string of the molecule is Cc1csc2c(OC(=O)N(C)CCN(C)C(=O)OCc3ccc(N(CC(=O)NC(=O)[C@H](Cc4ccccc4)NC(=O)CCCCCN4C(=O)C=CC4=O)C(=O)[C@@H](N)CC(C)C)cc3)cc3c(c12)[C@H](CCl)CN3C(=O)c1cc2cc(NC(=O)c3cc4cc(OCCN5CCCC5)ccc4[nH]3)ccc2[nH]1. The number of likely N-dealkylation sites (tertiary alicyclic amines) is 1. The molecule has 3 aromatic heterocycles. The topological polar surface area (TPSA) is 312 Å². The highest BCUT2D eigenvalue weighted by atomic mass is 35.5. The van der Waals surface area contributed by atoms with Crippen LogP contribution in [-0.2, 0) is 46.5 Å². The third kappa shape index (κ3) is 18.3. The highest BCUT2D eigenvalue weighted by Gasteiger charge is 2.38. The smallest absolute Gasteiger partial charge is 0.415 e. The van der Waals surface area contributed by atoms with Crippen LogP contribution in [0, 0.1) is 12.8 Å². The Balaban J connectivity index is 0.676. The van der Waals surface area contributed by atoms with E-state index in [1.54, 1.807) is 95.9 Å². The summed E-state index contributed by atoms with van der Waals surface area (Å²) in [5.74, 6) is -3.08. The minimum Gasteiger partial charge on any atom is -0.492 e. The first-order chi connectivity index (χ1) is 49.6. The van der Waals surface area contributed by atoms with Crippen LogP contribution in [0.3, 0.4) is 0 Å². The fraction of sp³-hybridized carbons (Fsp3) is 0.368. The summed E-state index contributed by atoms with van der Waals surface area (Å²) >= 11 is 8.07. The first kappa shape index (κ1) is 73.8. The number of carbonyl (C=O) groups is 10. The summed E-state index contributed by atoms with van der Waals surface area (Å²) in [7, 11) is 3.06. The number of aromatic nitrogens is 2. The van der Waals surface area contributed by atoms with Crippen molar-refractivity contribution < 1.29 is 62.2 Å². The number of hydrogen-bond donors (Lipinski definition) is 6. The van der Waals surface area contributed by atoms with Crippen LogP contribution in [0.4, 0.5) is 26.7 Å². The number of hydrogen-bond acceptors (Lipinski definition) is 16. The number of anilines is 3. The number of ether oxygens (including phenoxy) is 3. The van der Waals surface area contributed by atoms with Crippen molar-refractivity contribution in [3.05, 3.63) is 160 Å². The number of imide groups is 2. The predicted molar refractivity (Wildman–Crippen MR) is 395 cm³/mol. The molecular weight excluding hydrogens is 1360 g/mol. The molecule has 11 rings (SSSR count). The van der Waals surface area contributed by atoms with Crippen LogP contribution >= 0.6 is 22.9 Å². The minimum atomic E-state index is -1.16. The Morgan fingerprint density at radius 1 is 0.767 bits per heavy atom. The summed E-state index contributed by atoms with van der Waals surface area (Å²) in [6.45, 7) is 9.21. The van der Waals surface area contributed by atoms with Crippen LogP contribution in [0.1, 0.15) is 108 Å². The van der Waals surface area contributed by atoms with Crippen molar-refractivity contribution in [1.29, 1.82) is 0 Å². The van der Waals surface area contributed by atoms with E-state index in [0.717, 1.165) is 63.3 Å². The van der Waals surface area contributed by atoms with Crippen molar-refractivity contribution >= 4 is 131 Å². The van der Waals surface area contributed by atoms with Crippen molar-refractivity contribution in [2.45, 2.75) is 96.7 Å². The molecule has 1 saturated heterocycles. The Hall–Kier alpha value is -10.4. The van der Waals surface area contributed by atoms with Crippen LogP contribution in [0.25, 0.3) is 31.9 Å². The molecule has 0 bridgehead atoms. The van der Waals surface area contributed by atoms with Gasteiger partial charge in [-0.2, -0.15) is 0 Å². The first-order valence-corrected chi connectivity index (χ1v) is 36.0. The van der Waals surface area contributed by atoms with Gasteiger partial charge in [0.15, 0.2) is 5.75 Å². The highest BCUT2D eigenvalue weighted by Crippen LogP contribution is 2.49. The van der Waals surface area contributed by atoms with Crippen LogP contribution in [-0.4, -0.2) is 180 Å². The van der Waals surface area contributed by atoms with Gasteiger partial charge >= 0.3 is 12.2 Å². The minimum absolute atomic E-state index is 0.0266. The lowest BCUT2D eigenvalue weighted by atomic mass is 9.97. The number of thiophene rings is 1. The molecule has 540 valence electrons. The number of likely N-dealkylation sites (N-methyl/N-ethyl adjacent to an activating group) is 2. The second-order valence-electron chi connectivity index (χ2n) is 26.8. The lowest BCUT2D eigenvalue weighted by molar-refractivity contribution is -0.137. The molecule has 6 heterocycles. The maximum atomic E-state index is 14.7. The quantitative estimate of drug-likeness (QED) is 0.0139. The summed E-state index contributed by atoms with van der Waals surface area (Å²) in [6, 6.07) is 29.5. The molecule has 0 unspecified atom stereocenters. The van der Waals surface area contributed by atoms with Gasteiger partial charge in [-0.3, -0.25) is 53.5 Å². The summed E-state index contributed by atoms with van der Waals surface area (Å²) in [5.41, 5.74) is 13.0. The molecule has 27 heteroatoms. The second kappa shape index (κ2) is 33.6.